The molecule has 0 aromatic rings. The summed E-state index contributed by atoms with van der Waals surface area (Å²) in [5, 5.41) is 3.72. The molecule has 3 nitrogen and oxygen atoms in total. The monoisotopic (exact) mass is 226 g/mol. The molecule has 0 amide bonds. The van der Waals surface area contributed by atoms with Crippen LogP contribution in [0.3, 0.4) is 0 Å². The zero-order valence-corrected chi connectivity index (χ0v) is 10.6. The molecular formula is C13H26N2O. The van der Waals surface area contributed by atoms with Gasteiger partial charge < -0.3 is 10.1 Å². The van der Waals surface area contributed by atoms with Gasteiger partial charge in [-0.3, -0.25) is 4.90 Å². The first-order chi connectivity index (χ1) is 7.84. The van der Waals surface area contributed by atoms with E-state index in [9.17, 15) is 0 Å². The molecule has 2 aliphatic rings. The van der Waals surface area contributed by atoms with Crippen LogP contribution in [0, 0.1) is 5.92 Å². The predicted octanol–water partition coefficient (Wildman–Crippen LogP) is 1.49. The highest BCUT2D eigenvalue weighted by Crippen LogP contribution is 2.23. The highest BCUT2D eigenvalue weighted by Gasteiger charge is 2.18. The fourth-order valence-corrected chi connectivity index (χ4v) is 2.87. The summed E-state index contributed by atoms with van der Waals surface area (Å²) in [5.41, 5.74) is 0. The van der Waals surface area contributed by atoms with Gasteiger partial charge in [0.05, 0.1) is 13.2 Å². The maximum absolute atomic E-state index is 5.35. The van der Waals surface area contributed by atoms with E-state index in [4.69, 9.17) is 4.74 Å². The molecule has 1 aliphatic heterocycles. The number of morpholine rings is 1. The first-order valence-corrected chi connectivity index (χ1v) is 6.88. The molecule has 0 spiro atoms. The molecule has 16 heavy (non-hydrogen) atoms. The summed E-state index contributed by atoms with van der Waals surface area (Å²) < 4.78 is 5.35. The number of ether oxygens (including phenoxy) is 1. The van der Waals surface area contributed by atoms with Crippen LogP contribution in [0.2, 0.25) is 0 Å². The molecule has 0 radical (unpaired) electrons. The molecule has 0 aromatic carbocycles. The van der Waals surface area contributed by atoms with Crippen molar-refractivity contribution in [1.29, 1.82) is 0 Å². The van der Waals surface area contributed by atoms with Crippen LogP contribution in [0.5, 0.6) is 0 Å². The number of hydrogen-bond donors (Lipinski definition) is 1. The number of nitrogens with one attached hydrogen (secondary N) is 1. The molecule has 1 saturated heterocycles. The second-order valence-electron chi connectivity index (χ2n) is 5.38. The van der Waals surface area contributed by atoms with E-state index < -0.39 is 0 Å². The van der Waals surface area contributed by atoms with Gasteiger partial charge in [0.25, 0.3) is 0 Å². The summed E-state index contributed by atoms with van der Waals surface area (Å²) in [7, 11) is 0. The first kappa shape index (κ1) is 12.3. The summed E-state index contributed by atoms with van der Waals surface area (Å²) in [5.74, 6) is 0.926. The van der Waals surface area contributed by atoms with Gasteiger partial charge in [-0.1, -0.05) is 19.8 Å². The lowest BCUT2D eigenvalue weighted by molar-refractivity contribution is 0.0379. The third kappa shape index (κ3) is 4.04. The summed E-state index contributed by atoms with van der Waals surface area (Å²) in [6.07, 6.45) is 5.61. The Kier molecular flexibility index (Phi) is 5.07. The molecule has 2 rings (SSSR count). The Morgan fingerprint density at radius 1 is 1.25 bits per heavy atom. The van der Waals surface area contributed by atoms with Crippen molar-refractivity contribution in [1.82, 2.24) is 10.2 Å². The van der Waals surface area contributed by atoms with Crippen LogP contribution in [0.4, 0.5) is 0 Å². The minimum absolute atomic E-state index is 0.782. The second kappa shape index (κ2) is 6.58. The van der Waals surface area contributed by atoms with E-state index in [0.717, 1.165) is 44.8 Å². The Morgan fingerprint density at radius 2 is 2.06 bits per heavy atom. The molecule has 1 aliphatic carbocycles. The van der Waals surface area contributed by atoms with E-state index in [0.29, 0.717) is 0 Å². The molecule has 1 N–H and O–H groups in total. The van der Waals surface area contributed by atoms with Gasteiger partial charge in [-0.2, -0.15) is 0 Å². The van der Waals surface area contributed by atoms with Gasteiger partial charge in [0.15, 0.2) is 0 Å². The Hall–Kier alpha value is -0.120. The molecule has 2 fully saturated rings. The minimum Gasteiger partial charge on any atom is -0.379 e. The Labute approximate surface area is 99.5 Å². The molecule has 2 atom stereocenters. The summed E-state index contributed by atoms with van der Waals surface area (Å²) in [4.78, 5) is 2.50. The predicted molar refractivity (Wildman–Crippen MR) is 66.7 cm³/mol. The van der Waals surface area contributed by atoms with Gasteiger partial charge in [0.1, 0.15) is 0 Å². The molecular weight excluding hydrogens is 200 g/mol. The lowest BCUT2D eigenvalue weighted by Gasteiger charge is -2.30. The standard InChI is InChI=1S/C13H26N2O/c1-12-3-2-4-13(11-12)14-5-6-15-7-9-16-10-8-15/h12-14H,2-11H2,1H3/t12-,13+/m1/s1. The Balaban J connectivity index is 1.56. The van der Waals surface area contributed by atoms with Crippen molar-refractivity contribution >= 4 is 0 Å². The van der Waals surface area contributed by atoms with E-state index in [-0.39, 0.29) is 0 Å². The van der Waals surface area contributed by atoms with Crippen molar-refractivity contribution in [2.75, 3.05) is 39.4 Å². The van der Waals surface area contributed by atoms with Gasteiger partial charge in [0, 0.05) is 32.2 Å². The second-order valence-corrected chi connectivity index (χ2v) is 5.38. The molecule has 1 saturated carbocycles. The van der Waals surface area contributed by atoms with Crippen molar-refractivity contribution in [2.24, 2.45) is 5.92 Å². The lowest BCUT2D eigenvalue weighted by atomic mass is 9.87. The normalized spacial score (nSPS) is 32.8. The summed E-state index contributed by atoms with van der Waals surface area (Å²) in [6, 6.07) is 0.782. The van der Waals surface area contributed by atoms with E-state index in [2.05, 4.69) is 17.1 Å². The molecule has 1 heterocycles. The topological polar surface area (TPSA) is 24.5 Å². The van der Waals surface area contributed by atoms with Crippen molar-refractivity contribution < 1.29 is 4.74 Å². The fraction of sp³-hybridized carbons (Fsp3) is 1.00. The first-order valence-electron chi connectivity index (χ1n) is 6.88. The zero-order chi connectivity index (χ0) is 11.2. The van der Waals surface area contributed by atoms with Crippen LogP contribution in [-0.2, 0) is 4.74 Å². The number of rotatable bonds is 4. The van der Waals surface area contributed by atoms with Crippen molar-refractivity contribution in [2.45, 2.75) is 38.6 Å². The minimum atomic E-state index is 0.782. The van der Waals surface area contributed by atoms with E-state index in [1.807, 2.05) is 0 Å². The van der Waals surface area contributed by atoms with Crippen LogP contribution in [0.1, 0.15) is 32.6 Å². The zero-order valence-electron chi connectivity index (χ0n) is 10.6. The third-order valence-electron chi connectivity index (χ3n) is 3.90. The van der Waals surface area contributed by atoms with Crippen LogP contribution in [-0.4, -0.2) is 50.3 Å². The third-order valence-corrected chi connectivity index (χ3v) is 3.90. The molecule has 0 unspecified atom stereocenters. The van der Waals surface area contributed by atoms with Gasteiger partial charge in [-0.05, 0) is 18.8 Å². The van der Waals surface area contributed by atoms with Crippen molar-refractivity contribution in [3.05, 3.63) is 0 Å². The van der Waals surface area contributed by atoms with E-state index in [1.54, 1.807) is 0 Å². The van der Waals surface area contributed by atoms with Crippen molar-refractivity contribution in [3.63, 3.8) is 0 Å². The van der Waals surface area contributed by atoms with Gasteiger partial charge >= 0.3 is 0 Å². The van der Waals surface area contributed by atoms with Crippen LogP contribution < -0.4 is 5.32 Å². The average Bonchev–Trinajstić information content (AvgIpc) is 2.30. The number of hydrogen-bond acceptors (Lipinski definition) is 3. The Morgan fingerprint density at radius 3 is 2.81 bits per heavy atom. The fourth-order valence-electron chi connectivity index (χ4n) is 2.87. The largest absolute Gasteiger partial charge is 0.379 e. The van der Waals surface area contributed by atoms with E-state index >= 15 is 0 Å². The average molecular weight is 226 g/mol. The lowest BCUT2D eigenvalue weighted by Crippen LogP contribution is -2.43. The summed E-state index contributed by atoms with van der Waals surface area (Å²) in [6.45, 7) is 8.79. The van der Waals surface area contributed by atoms with Crippen LogP contribution >= 0.6 is 0 Å². The van der Waals surface area contributed by atoms with E-state index in [1.165, 1.54) is 32.2 Å². The van der Waals surface area contributed by atoms with Gasteiger partial charge in [-0.25, -0.2) is 0 Å². The maximum Gasteiger partial charge on any atom is 0.0594 e. The smallest absolute Gasteiger partial charge is 0.0594 e. The summed E-state index contributed by atoms with van der Waals surface area (Å²) >= 11 is 0. The van der Waals surface area contributed by atoms with Gasteiger partial charge in [0.2, 0.25) is 0 Å². The molecule has 94 valence electrons. The molecule has 3 heteroatoms. The molecule has 0 aromatic heterocycles. The van der Waals surface area contributed by atoms with Crippen LogP contribution in [0.25, 0.3) is 0 Å². The number of nitrogens with zero attached hydrogens (tertiary/aromatic N) is 1. The molecule has 0 bridgehead atoms. The maximum atomic E-state index is 5.35. The Bertz CT molecular complexity index is 192. The SMILES string of the molecule is C[C@@H]1CCC[C@H](NCCN2CCOCC2)C1. The van der Waals surface area contributed by atoms with Gasteiger partial charge in [-0.15, -0.1) is 0 Å². The highest BCUT2D eigenvalue weighted by molar-refractivity contribution is 4.76. The quantitative estimate of drug-likeness (QED) is 0.786. The highest BCUT2D eigenvalue weighted by atomic mass is 16.5. The van der Waals surface area contributed by atoms with Crippen molar-refractivity contribution in [3.8, 4) is 0 Å². The van der Waals surface area contributed by atoms with Crippen LogP contribution in [0.15, 0.2) is 0 Å².